The Labute approximate surface area is 152 Å². The van der Waals surface area contributed by atoms with Gasteiger partial charge in [0, 0.05) is 16.5 Å². The average Bonchev–Trinajstić information content (AvgIpc) is 3.28. The first-order valence-corrected chi connectivity index (χ1v) is 8.61. The van der Waals surface area contributed by atoms with E-state index in [4.69, 9.17) is 5.11 Å². The highest BCUT2D eigenvalue weighted by atomic mass is 32.1. The molecule has 0 saturated heterocycles. The Morgan fingerprint density at radius 2 is 1.62 bits per heavy atom. The molecule has 2 aromatic heterocycles. The van der Waals surface area contributed by atoms with Gasteiger partial charge in [0.05, 0.1) is 0 Å². The van der Waals surface area contributed by atoms with Crippen LogP contribution in [0.3, 0.4) is 0 Å². The predicted octanol–water partition coefficient (Wildman–Crippen LogP) is 4.50. The molecule has 7 heteroatoms. The van der Waals surface area contributed by atoms with Crippen LogP contribution in [0.15, 0.2) is 66.0 Å². The molecule has 2 aromatic carbocycles. The summed E-state index contributed by atoms with van der Waals surface area (Å²) in [5, 5.41) is 15.2. The number of halogens is 1. The van der Waals surface area contributed by atoms with Crippen LogP contribution in [-0.2, 0) is 0 Å². The molecule has 0 saturated carbocycles. The summed E-state index contributed by atoms with van der Waals surface area (Å²) >= 11 is 1.10. The lowest BCUT2D eigenvalue weighted by molar-refractivity contribution is 0.0691. The number of nitrogens with zero attached hydrogens (tertiary/aromatic N) is 3. The zero-order valence-corrected chi connectivity index (χ0v) is 14.2. The van der Waals surface area contributed by atoms with Gasteiger partial charge >= 0.3 is 5.97 Å². The highest BCUT2D eigenvalue weighted by Crippen LogP contribution is 2.33. The highest BCUT2D eigenvalue weighted by molar-refractivity contribution is 7.12. The Morgan fingerprint density at radius 1 is 1.00 bits per heavy atom. The van der Waals surface area contributed by atoms with E-state index in [1.54, 1.807) is 36.4 Å². The third-order valence-electron chi connectivity index (χ3n) is 3.81. The van der Waals surface area contributed by atoms with Crippen molar-refractivity contribution in [2.45, 2.75) is 0 Å². The van der Waals surface area contributed by atoms with E-state index in [0.29, 0.717) is 16.3 Å². The third kappa shape index (κ3) is 2.78. The number of carbonyl (C=O) groups is 1. The summed E-state index contributed by atoms with van der Waals surface area (Å²) in [6.07, 6.45) is 0. The van der Waals surface area contributed by atoms with Crippen molar-refractivity contribution in [2.75, 3.05) is 0 Å². The van der Waals surface area contributed by atoms with Crippen molar-refractivity contribution >= 4 is 17.3 Å². The first kappa shape index (κ1) is 16.2. The van der Waals surface area contributed by atoms with Gasteiger partial charge in [-0.2, -0.15) is 5.10 Å². The lowest BCUT2D eigenvalue weighted by Crippen LogP contribution is -2.02. The molecule has 26 heavy (non-hydrogen) atoms. The summed E-state index contributed by atoms with van der Waals surface area (Å²) in [4.78, 5) is 15.2. The monoisotopic (exact) mass is 365 g/mol. The number of carboxylic acid groups (broad SMARTS) is 1. The van der Waals surface area contributed by atoms with Crippen LogP contribution in [-0.4, -0.2) is 25.8 Å². The minimum Gasteiger partial charge on any atom is -0.476 e. The van der Waals surface area contributed by atoms with Gasteiger partial charge in [0.2, 0.25) is 5.13 Å². The fourth-order valence-corrected chi connectivity index (χ4v) is 3.38. The van der Waals surface area contributed by atoms with Crippen LogP contribution in [0.5, 0.6) is 0 Å². The number of rotatable bonds is 4. The second-order valence-electron chi connectivity index (χ2n) is 5.48. The van der Waals surface area contributed by atoms with Crippen molar-refractivity contribution in [1.29, 1.82) is 0 Å². The molecule has 0 aliphatic carbocycles. The van der Waals surface area contributed by atoms with E-state index in [1.807, 2.05) is 24.3 Å². The van der Waals surface area contributed by atoms with E-state index >= 15 is 4.39 Å². The van der Waals surface area contributed by atoms with E-state index in [0.717, 1.165) is 11.3 Å². The number of hydrogen-bond acceptors (Lipinski definition) is 4. The number of carboxylic acids is 1. The van der Waals surface area contributed by atoms with Crippen LogP contribution in [0.4, 0.5) is 4.39 Å². The van der Waals surface area contributed by atoms with Crippen molar-refractivity contribution < 1.29 is 14.3 Å². The second kappa shape index (κ2) is 6.53. The zero-order chi connectivity index (χ0) is 18.1. The van der Waals surface area contributed by atoms with E-state index in [9.17, 15) is 4.79 Å². The van der Waals surface area contributed by atoms with Crippen molar-refractivity contribution in [3.8, 4) is 27.6 Å². The van der Waals surface area contributed by atoms with Crippen LogP contribution in [0, 0.1) is 5.82 Å². The Hall–Kier alpha value is -3.32. The summed E-state index contributed by atoms with van der Waals surface area (Å²) in [7, 11) is 0. The van der Waals surface area contributed by atoms with Gasteiger partial charge in [0.15, 0.2) is 11.5 Å². The van der Waals surface area contributed by atoms with Gasteiger partial charge in [-0.3, -0.25) is 0 Å². The Morgan fingerprint density at radius 3 is 2.19 bits per heavy atom. The Kier molecular flexibility index (Phi) is 4.06. The maximum absolute atomic E-state index is 15.3. The molecule has 128 valence electrons. The van der Waals surface area contributed by atoms with E-state index < -0.39 is 11.8 Å². The molecular formula is C19H12FN3O2S. The molecule has 0 aliphatic rings. The number of benzene rings is 2. The van der Waals surface area contributed by atoms with Gasteiger partial charge in [-0.25, -0.2) is 18.9 Å². The van der Waals surface area contributed by atoms with Crippen LogP contribution in [0.1, 0.15) is 10.5 Å². The average molecular weight is 365 g/mol. The summed E-state index contributed by atoms with van der Waals surface area (Å²) in [6, 6.07) is 18.0. The molecule has 2 heterocycles. The number of thiazole rings is 1. The predicted molar refractivity (Wildman–Crippen MR) is 97.0 cm³/mol. The number of aromatic nitrogens is 3. The summed E-state index contributed by atoms with van der Waals surface area (Å²) in [5.74, 6) is -1.61. The summed E-state index contributed by atoms with van der Waals surface area (Å²) in [6.45, 7) is 0. The van der Waals surface area contributed by atoms with Crippen molar-refractivity contribution in [2.24, 2.45) is 0 Å². The van der Waals surface area contributed by atoms with Gasteiger partial charge in [-0.1, -0.05) is 60.7 Å². The SMILES string of the molecule is O=C(O)c1csc(-n2nc(-c3ccccc3)c(F)c2-c2ccccc2)n1. The van der Waals surface area contributed by atoms with Gasteiger partial charge in [-0.15, -0.1) is 11.3 Å². The standard InChI is InChI=1S/C19H12FN3O2S/c20-15-16(12-7-3-1-4-8-12)22-23(17(15)13-9-5-2-6-10-13)19-21-14(11-26-19)18(24)25/h1-11H,(H,24,25). The largest absolute Gasteiger partial charge is 0.476 e. The van der Waals surface area contributed by atoms with E-state index in [-0.39, 0.29) is 17.1 Å². The van der Waals surface area contributed by atoms with Gasteiger partial charge < -0.3 is 5.11 Å². The molecule has 0 amide bonds. The first-order chi connectivity index (χ1) is 12.6. The maximum Gasteiger partial charge on any atom is 0.355 e. The van der Waals surface area contributed by atoms with Gasteiger partial charge in [-0.05, 0) is 0 Å². The molecule has 4 rings (SSSR count). The molecule has 4 aromatic rings. The molecule has 0 fully saturated rings. The van der Waals surface area contributed by atoms with E-state index in [2.05, 4.69) is 10.1 Å². The lowest BCUT2D eigenvalue weighted by atomic mass is 10.1. The topological polar surface area (TPSA) is 68.0 Å². The maximum atomic E-state index is 15.3. The molecule has 0 spiro atoms. The van der Waals surface area contributed by atoms with Crippen molar-refractivity contribution in [3.05, 3.63) is 77.6 Å². The van der Waals surface area contributed by atoms with Crippen LogP contribution < -0.4 is 0 Å². The van der Waals surface area contributed by atoms with Crippen molar-refractivity contribution in [1.82, 2.24) is 14.8 Å². The highest BCUT2D eigenvalue weighted by Gasteiger charge is 2.23. The first-order valence-electron chi connectivity index (χ1n) is 7.73. The number of hydrogen-bond donors (Lipinski definition) is 1. The van der Waals surface area contributed by atoms with E-state index in [1.165, 1.54) is 10.1 Å². The normalized spacial score (nSPS) is 10.8. The van der Waals surface area contributed by atoms with Crippen LogP contribution >= 0.6 is 11.3 Å². The molecular weight excluding hydrogens is 353 g/mol. The minimum atomic E-state index is -1.13. The Bertz CT molecular complexity index is 1070. The smallest absolute Gasteiger partial charge is 0.355 e. The molecule has 0 bridgehead atoms. The molecule has 0 unspecified atom stereocenters. The molecule has 0 radical (unpaired) electrons. The summed E-state index contributed by atoms with van der Waals surface area (Å²) < 4.78 is 16.7. The number of aromatic carboxylic acids is 1. The molecule has 5 nitrogen and oxygen atoms in total. The molecule has 0 atom stereocenters. The quantitative estimate of drug-likeness (QED) is 0.578. The van der Waals surface area contributed by atoms with Crippen LogP contribution in [0.2, 0.25) is 0 Å². The fraction of sp³-hybridized carbons (Fsp3) is 0. The minimum absolute atomic E-state index is 0.0961. The zero-order valence-electron chi connectivity index (χ0n) is 13.3. The van der Waals surface area contributed by atoms with Gasteiger partial charge in [0.25, 0.3) is 0 Å². The second-order valence-corrected chi connectivity index (χ2v) is 6.31. The third-order valence-corrected chi connectivity index (χ3v) is 4.63. The Balaban J connectivity index is 1.96. The van der Waals surface area contributed by atoms with Crippen molar-refractivity contribution in [3.63, 3.8) is 0 Å². The molecule has 0 aliphatic heterocycles. The van der Waals surface area contributed by atoms with Crippen LogP contribution in [0.25, 0.3) is 27.6 Å². The van der Waals surface area contributed by atoms with Gasteiger partial charge in [0.1, 0.15) is 11.4 Å². The summed E-state index contributed by atoms with van der Waals surface area (Å²) in [5.41, 5.74) is 1.61. The molecule has 1 N–H and O–H groups in total. The lowest BCUT2D eigenvalue weighted by Gasteiger charge is -2.03. The fourth-order valence-electron chi connectivity index (χ4n) is 2.62.